The zero-order chi connectivity index (χ0) is 23.2. The molecule has 6 nitrogen and oxygen atoms in total. The Morgan fingerprint density at radius 2 is 1.85 bits per heavy atom. The second-order valence-corrected chi connectivity index (χ2v) is 8.15. The first kappa shape index (κ1) is 22.5. The smallest absolute Gasteiger partial charge is 0.245 e. The van der Waals surface area contributed by atoms with Crippen LogP contribution in [0.2, 0.25) is 0 Å². The molecule has 1 unspecified atom stereocenters. The van der Waals surface area contributed by atoms with Crippen molar-refractivity contribution in [3.05, 3.63) is 84.2 Å². The number of benzene rings is 2. The van der Waals surface area contributed by atoms with E-state index in [1.807, 2.05) is 66.4 Å². The fourth-order valence-electron chi connectivity index (χ4n) is 4.27. The van der Waals surface area contributed by atoms with E-state index < -0.39 is 6.04 Å². The van der Waals surface area contributed by atoms with Crippen LogP contribution in [0.25, 0.3) is 11.1 Å². The summed E-state index contributed by atoms with van der Waals surface area (Å²) in [4.78, 5) is 34.1. The monoisotopic (exact) mass is 443 g/mol. The van der Waals surface area contributed by atoms with Gasteiger partial charge >= 0.3 is 0 Å². The van der Waals surface area contributed by atoms with Crippen LogP contribution in [-0.4, -0.2) is 59.4 Å². The van der Waals surface area contributed by atoms with Gasteiger partial charge in [0.1, 0.15) is 11.8 Å². The molecule has 1 aromatic heterocycles. The van der Waals surface area contributed by atoms with Crippen molar-refractivity contribution in [3.8, 4) is 16.9 Å². The molecule has 0 aliphatic carbocycles. The van der Waals surface area contributed by atoms with E-state index in [-0.39, 0.29) is 18.2 Å². The van der Waals surface area contributed by atoms with E-state index in [1.54, 1.807) is 18.2 Å². The van der Waals surface area contributed by atoms with E-state index in [9.17, 15) is 9.59 Å². The summed E-state index contributed by atoms with van der Waals surface area (Å²) in [5.41, 5.74) is 3.88. The molecule has 0 bridgehead atoms. The third-order valence-corrected chi connectivity index (χ3v) is 6.13. The molecule has 170 valence electrons. The van der Waals surface area contributed by atoms with E-state index >= 15 is 0 Å². The van der Waals surface area contributed by atoms with E-state index in [2.05, 4.69) is 17.1 Å². The zero-order valence-electron chi connectivity index (χ0n) is 19.1. The minimum Gasteiger partial charge on any atom is -0.497 e. The first-order valence-electron chi connectivity index (χ1n) is 11.3. The van der Waals surface area contributed by atoms with Crippen LogP contribution in [-0.2, 0) is 22.4 Å². The number of carbonyl (C=O) groups is 2. The molecule has 4 rings (SSSR count). The number of carbonyl (C=O) groups excluding carboxylic acids is 2. The van der Waals surface area contributed by atoms with Crippen molar-refractivity contribution in [1.29, 1.82) is 0 Å². The normalized spacial score (nSPS) is 16.1. The Morgan fingerprint density at radius 1 is 1.03 bits per heavy atom. The second kappa shape index (κ2) is 10.3. The van der Waals surface area contributed by atoms with Gasteiger partial charge in [-0.2, -0.15) is 0 Å². The van der Waals surface area contributed by atoms with Gasteiger partial charge in [0.2, 0.25) is 11.8 Å². The summed E-state index contributed by atoms with van der Waals surface area (Å²) in [6, 6.07) is 21.1. The SMILES string of the molecule is CCN1CCN(C(=O)Cc2ccccn2)C(Cc2ccc(-c3cccc(OC)c3)cc2)C1=O. The van der Waals surface area contributed by atoms with Gasteiger partial charge in [-0.15, -0.1) is 0 Å². The molecule has 6 heteroatoms. The number of ether oxygens (including phenoxy) is 1. The van der Waals surface area contributed by atoms with Gasteiger partial charge in [0.15, 0.2) is 0 Å². The molecule has 1 atom stereocenters. The Labute approximate surface area is 194 Å². The number of rotatable bonds is 7. The molecule has 0 spiro atoms. The predicted molar refractivity (Wildman–Crippen MR) is 128 cm³/mol. The standard InChI is InChI=1S/C27H29N3O3/c1-3-29-15-16-30(26(31)19-23-8-4-5-14-28-23)25(27(29)32)17-20-10-12-21(13-11-20)22-7-6-9-24(18-22)33-2/h4-14,18,25H,3,15-17,19H2,1-2H3. The van der Waals surface area contributed by atoms with Gasteiger partial charge in [-0.3, -0.25) is 14.6 Å². The molecular weight excluding hydrogens is 414 g/mol. The summed E-state index contributed by atoms with van der Waals surface area (Å²) in [6.45, 7) is 3.72. The average molecular weight is 444 g/mol. The number of likely N-dealkylation sites (N-methyl/N-ethyl adjacent to an activating group) is 1. The molecule has 2 aromatic carbocycles. The lowest BCUT2D eigenvalue weighted by Crippen LogP contribution is -2.59. The topological polar surface area (TPSA) is 62.7 Å². The molecule has 1 fully saturated rings. The first-order valence-corrected chi connectivity index (χ1v) is 11.3. The van der Waals surface area contributed by atoms with Gasteiger partial charge < -0.3 is 14.5 Å². The third-order valence-electron chi connectivity index (χ3n) is 6.13. The van der Waals surface area contributed by atoms with E-state index in [1.165, 1.54) is 0 Å². The fourth-order valence-corrected chi connectivity index (χ4v) is 4.27. The Morgan fingerprint density at radius 3 is 2.55 bits per heavy atom. The Bertz CT molecular complexity index is 1100. The largest absolute Gasteiger partial charge is 0.497 e. The average Bonchev–Trinajstić information content (AvgIpc) is 2.86. The summed E-state index contributed by atoms with van der Waals surface area (Å²) in [5.74, 6) is 0.761. The number of nitrogens with zero attached hydrogens (tertiary/aromatic N) is 3. The van der Waals surface area contributed by atoms with E-state index in [4.69, 9.17) is 4.74 Å². The lowest BCUT2D eigenvalue weighted by atomic mass is 9.97. The van der Waals surface area contributed by atoms with E-state index in [0.717, 1.165) is 22.4 Å². The van der Waals surface area contributed by atoms with Gasteiger partial charge in [-0.25, -0.2) is 0 Å². The molecule has 0 radical (unpaired) electrons. The van der Waals surface area contributed by atoms with Gasteiger partial charge in [-0.05, 0) is 47.9 Å². The number of hydrogen-bond donors (Lipinski definition) is 0. The number of methoxy groups -OCH3 is 1. The van der Waals surface area contributed by atoms with Crippen LogP contribution in [0.1, 0.15) is 18.2 Å². The summed E-state index contributed by atoms with van der Waals surface area (Å²) in [6.07, 6.45) is 2.37. The summed E-state index contributed by atoms with van der Waals surface area (Å²) >= 11 is 0. The molecule has 2 amide bonds. The maximum absolute atomic E-state index is 13.2. The molecule has 33 heavy (non-hydrogen) atoms. The summed E-state index contributed by atoms with van der Waals surface area (Å²) < 4.78 is 5.33. The van der Waals surface area contributed by atoms with Crippen molar-refractivity contribution in [1.82, 2.24) is 14.8 Å². The van der Waals surface area contributed by atoms with Gasteiger partial charge in [0.05, 0.1) is 13.5 Å². The maximum Gasteiger partial charge on any atom is 0.245 e. The van der Waals surface area contributed by atoms with E-state index in [0.29, 0.717) is 31.7 Å². The minimum atomic E-state index is -0.502. The highest BCUT2D eigenvalue weighted by atomic mass is 16.5. The molecular formula is C27H29N3O3. The molecule has 1 saturated heterocycles. The zero-order valence-corrected chi connectivity index (χ0v) is 19.1. The highest BCUT2D eigenvalue weighted by Crippen LogP contribution is 2.25. The highest BCUT2D eigenvalue weighted by molar-refractivity contribution is 5.89. The van der Waals surface area contributed by atoms with Crippen LogP contribution in [0, 0.1) is 0 Å². The second-order valence-electron chi connectivity index (χ2n) is 8.15. The van der Waals surface area contributed by atoms with Crippen LogP contribution < -0.4 is 4.74 Å². The predicted octanol–water partition coefficient (Wildman–Crippen LogP) is 3.60. The van der Waals surface area contributed by atoms with Crippen LogP contribution in [0.5, 0.6) is 5.75 Å². The summed E-state index contributed by atoms with van der Waals surface area (Å²) in [7, 11) is 1.66. The molecule has 3 aromatic rings. The van der Waals surface area contributed by atoms with Crippen molar-refractivity contribution < 1.29 is 14.3 Å². The molecule has 0 N–H and O–H groups in total. The molecule has 1 aliphatic rings. The highest BCUT2D eigenvalue weighted by Gasteiger charge is 2.36. The summed E-state index contributed by atoms with van der Waals surface area (Å²) in [5, 5.41) is 0. The van der Waals surface area contributed by atoms with Gasteiger partial charge in [0, 0.05) is 37.9 Å². The van der Waals surface area contributed by atoms with Gasteiger partial charge in [0.25, 0.3) is 0 Å². The number of aromatic nitrogens is 1. The van der Waals surface area contributed by atoms with Crippen molar-refractivity contribution >= 4 is 11.8 Å². The first-order chi connectivity index (χ1) is 16.1. The molecule has 0 saturated carbocycles. The molecule has 2 heterocycles. The van der Waals surface area contributed by atoms with Gasteiger partial charge in [-0.1, -0.05) is 42.5 Å². The van der Waals surface area contributed by atoms with Crippen LogP contribution >= 0.6 is 0 Å². The Hall–Kier alpha value is -3.67. The number of piperazine rings is 1. The van der Waals surface area contributed by atoms with Crippen LogP contribution in [0.3, 0.4) is 0 Å². The lowest BCUT2D eigenvalue weighted by Gasteiger charge is -2.40. The van der Waals surface area contributed by atoms with Crippen molar-refractivity contribution in [2.75, 3.05) is 26.7 Å². The number of amides is 2. The molecule has 1 aliphatic heterocycles. The lowest BCUT2D eigenvalue weighted by molar-refractivity contribution is -0.150. The van der Waals surface area contributed by atoms with Crippen molar-refractivity contribution in [2.24, 2.45) is 0 Å². The maximum atomic E-state index is 13.2. The van der Waals surface area contributed by atoms with Crippen LogP contribution in [0.15, 0.2) is 72.9 Å². The fraction of sp³-hybridized carbons (Fsp3) is 0.296. The van der Waals surface area contributed by atoms with Crippen LogP contribution in [0.4, 0.5) is 0 Å². The van der Waals surface area contributed by atoms with Crippen molar-refractivity contribution in [3.63, 3.8) is 0 Å². The number of pyridine rings is 1. The minimum absolute atomic E-state index is 0.00925. The quantitative estimate of drug-likeness (QED) is 0.560. The van der Waals surface area contributed by atoms with Crippen molar-refractivity contribution in [2.45, 2.75) is 25.8 Å². The Balaban J connectivity index is 1.53. The third kappa shape index (κ3) is 5.22. The Kier molecular flexibility index (Phi) is 7.03. The number of hydrogen-bond acceptors (Lipinski definition) is 4.